The molecule has 352 valence electrons. The molecule has 0 bridgehead atoms. The molecular weight excluding hydrogens is 731 g/mol. The van der Waals surface area contributed by atoms with Crippen molar-refractivity contribution in [1.29, 1.82) is 0 Å². The van der Waals surface area contributed by atoms with Gasteiger partial charge in [0.2, 0.25) is 5.91 Å². The molecule has 6 nitrogen and oxygen atoms in total. The van der Waals surface area contributed by atoms with Gasteiger partial charge < -0.3 is 20.3 Å². The van der Waals surface area contributed by atoms with Gasteiger partial charge in [-0.1, -0.05) is 264 Å². The van der Waals surface area contributed by atoms with Crippen LogP contribution < -0.4 is 5.32 Å². The number of hydrogen-bond acceptors (Lipinski definition) is 5. The molecule has 0 aromatic heterocycles. The molecule has 1 amide bonds. The van der Waals surface area contributed by atoms with Crippen LogP contribution in [0.25, 0.3) is 0 Å². The van der Waals surface area contributed by atoms with E-state index in [1.807, 2.05) is 0 Å². The lowest BCUT2D eigenvalue weighted by Gasteiger charge is -2.22. The smallest absolute Gasteiger partial charge is 0.305 e. The lowest BCUT2D eigenvalue weighted by atomic mass is 10.0. The second-order valence-electron chi connectivity index (χ2n) is 18.6. The molecule has 0 aromatic rings. The maximum absolute atomic E-state index is 12.4. The predicted octanol–water partition coefficient (Wildman–Crippen LogP) is 16.0. The highest BCUT2D eigenvalue weighted by Gasteiger charge is 2.20. The first kappa shape index (κ1) is 57.9. The van der Waals surface area contributed by atoms with Crippen LogP contribution in [0.5, 0.6) is 0 Å². The number of ether oxygens (including phenoxy) is 1. The summed E-state index contributed by atoms with van der Waals surface area (Å²) in [4.78, 5) is 24.4. The van der Waals surface area contributed by atoms with Crippen molar-refractivity contribution in [3.8, 4) is 0 Å². The molecule has 0 spiro atoms. The molecule has 0 aromatic carbocycles. The van der Waals surface area contributed by atoms with Crippen LogP contribution in [-0.4, -0.2) is 47.4 Å². The first-order valence-electron chi connectivity index (χ1n) is 26.8. The second kappa shape index (κ2) is 49.5. The van der Waals surface area contributed by atoms with Crippen LogP contribution in [0, 0.1) is 0 Å². The van der Waals surface area contributed by atoms with Crippen molar-refractivity contribution < 1.29 is 24.5 Å². The van der Waals surface area contributed by atoms with E-state index in [1.165, 1.54) is 231 Å². The Kier molecular flexibility index (Phi) is 48.6. The van der Waals surface area contributed by atoms with E-state index >= 15 is 0 Å². The van der Waals surface area contributed by atoms with Gasteiger partial charge in [-0.05, 0) is 25.7 Å². The van der Waals surface area contributed by atoms with E-state index in [-0.39, 0.29) is 18.5 Å². The van der Waals surface area contributed by atoms with Gasteiger partial charge >= 0.3 is 5.97 Å². The van der Waals surface area contributed by atoms with E-state index in [0.717, 1.165) is 38.5 Å². The molecule has 0 aliphatic carbocycles. The molecule has 0 aliphatic rings. The molecule has 0 radical (unpaired) electrons. The summed E-state index contributed by atoms with van der Waals surface area (Å²) in [6.45, 7) is 4.95. The summed E-state index contributed by atoms with van der Waals surface area (Å²) in [6, 6.07) is -0.540. The molecular formula is C53H105NO5. The number of nitrogens with one attached hydrogen (secondary N) is 1. The van der Waals surface area contributed by atoms with Crippen molar-refractivity contribution in [3.05, 3.63) is 0 Å². The van der Waals surface area contributed by atoms with Gasteiger partial charge in [-0.2, -0.15) is 0 Å². The van der Waals surface area contributed by atoms with E-state index < -0.39 is 12.1 Å². The van der Waals surface area contributed by atoms with Gasteiger partial charge in [-0.25, -0.2) is 0 Å². The Morgan fingerprint density at radius 1 is 0.407 bits per heavy atom. The summed E-state index contributed by atoms with van der Waals surface area (Å²) in [5.74, 6) is -0.0274. The molecule has 0 rings (SSSR count). The quantitative estimate of drug-likeness (QED) is 0.0419. The first-order chi connectivity index (χ1) is 29.0. The van der Waals surface area contributed by atoms with E-state index in [1.54, 1.807) is 0 Å². The number of carbonyl (C=O) groups is 2. The Hall–Kier alpha value is -1.14. The lowest BCUT2D eigenvalue weighted by molar-refractivity contribution is -0.143. The van der Waals surface area contributed by atoms with Crippen LogP contribution >= 0.6 is 0 Å². The number of carbonyl (C=O) groups excluding carboxylic acids is 2. The summed E-state index contributed by atoms with van der Waals surface area (Å²) in [5.41, 5.74) is 0. The van der Waals surface area contributed by atoms with Gasteiger partial charge in [0, 0.05) is 12.8 Å². The molecule has 59 heavy (non-hydrogen) atoms. The maximum atomic E-state index is 12.4. The van der Waals surface area contributed by atoms with Gasteiger partial charge in [-0.15, -0.1) is 0 Å². The average Bonchev–Trinajstić information content (AvgIpc) is 3.24. The van der Waals surface area contributed by atoms with Gasteiger partial charge in [0.15, 0.2) is 0 Å². The van der Waals surface area contributed by atoms with E-state index in [9.17, 15) is 19.8 Å². The van der Waals surface area contributed by atoms with Crippen LogP contribution in [0.1, 0.15) is 303 Å². The molecule has 0 saturated heterocycles. The summed E-state index contributed by atoms with van der Waals surface area (Å²) < 4.78 is 5.46. The fraction of sp³-hybridized carbons (Fsp3) is 0.962. The topological polar surface area (TPSA) is 95.9 Å². The summed E-state index contributed by atoms with van der Waals surface area (Å²) in [7, 11) is 0. The number of amides is 1. The van der Waals surface area contributed by atoms with Gasteiger partial charge in [0.05, 0.1) is 25.4 Å². The normalized spacial score (nSPS) is 12.5. The third kappa shape index (κ3) is 46.2. The number of hydrogen-bond donors (Lipinski definition) is 3. The monoisotopic (exact) mass is 836 g/mol. The zero-order valence-electron chi connectivity index (χ0n) is 40.0. The highest BCUT2D eigenvalue weighted by atomic mass is 16.5. The minimum absolute atomic E-state index is 0.0101. The van der Waals surface area contributed by atoms with Crippen LogP contribution in [0.2, 0.25) is 0 Å². The average molecular weight is 836 g/mol. The molecule has 0 fully saturated rings. The predicted molar refractivity (Wildman–Crippen MR) is 255 cm³/mol. The fourth-order valence-corrected chi connectivity index (χ4v) is 8.52. The number of aliphatic hydroxyl groups is 2. The van der Waals surface area contributed by atoms with Crippen molar-refractivity contribution in [2.45, 2.75) is 315 Å². The van der Waals surface area contributed by atoms with Crippen LogP contribution in [0.15, 0.2) is 0 Å². The Labute approximate surface area is 368 Å². The van der Waals surface area contributed by atoms with E-state index in [2.05, 4.69) is 19.2 Å². The zero-order chi connectivity index (χ0) is 43.0. The third-order valence-corrected chi connectivity index (χ3v) is 12.7. The first-order valence-corrected chi connectivity index (χ1v) is 26.8. The molecule has 0 aliphatic heterocycles. The number of rotatable bonds is 50. The minimum Gasteiger partial charge on any atom is -0.466 e. The van der Waals surface area contributed by atoms with Crippen molar-refractivity contribution in [2.24, 2.45) is 0 Å². The second-order valence-corrected chi connectivity index (χ2v) is 18.6. The van der Waals surface area contributed by atoms with Gasteiger partial charge in [0.25, 0.3) is 0 Å². The maximum Gasteiger partial charge on any atom is 0.305 e. The Morgan fingerprint density at radius 2 is 0.695 bits per heavy atom. The molecule has 3 N–H and O–H groups in total. The SMILES string of the molecule is CCCCCCCCCCCCCCC(=O)OCCCCCCCCCCCCCCCCCCCCCC(=O)NC(CO)C(O)CCCCCCCCCCCCC. The summed E-state index contributed by atoms with van der Waals surface area (Å²) in [5, 5.41) is 23.1. The molecule has 0 heterocycles. The molecule has 0 saturated carbocycles. The fourth-order valence-electron chi connectivity index (χ4n) is 8.52. The highest BCUT2D eigenvalue weighted by molar-refractivity contribution is 5.76. The summed E-state index contributed by atoms with van der Waals surface area (Å²) >= 11 is 0. The number of esters is 1. The van der Waals surface area contributed by atoms with Crippen molar-refractivity contribution in [3.63, 3.8) is 0 Å². The van der Waals surface area contributed by atoms with Gasteiger partial charge in [-0.3, -0.25) is 9.59 Å². The third-order valence-electron chi connectivity index (χ3n) is 12.7. The standard InChI is InChI=1S/C53H105NO5/c1-3-5-7-9-11-13-15-27-31-35-39-43-47-53(58)59-48-44-40-36-32-28-24-22-20-18-16-17-19-21-23-26-30-34-38-42-46-52(57)54-50(49-55)51(56)45-41-37-33-29-25-14-12-10-8-6-4-2/h50-51,55-56H,3-49H2,1-2H3,(H,54,57). The zero-order valence-corrected chi connectivity index (χ0v) is 40.0. The van der Waals surface area contributed by atoms with Crippen molar-refractivity contribution in [1.82, 2.24) is 5.32 Å². The van der Waals surface area contributed by atoms with Gasteiger partial charge in [0.1, 0.15) is 0 Å². The Morgan fingerprint density at radius 3 is 1.03 bits per heavy atom. The van der Waals surface area contributed by atoms with Crippen molar-refractivity contribution >= 4 is 11.9 Å². The summed E-state index contributed by atoms with van der Waals surface area (Å²) in [6.07, 6.45) is 55.1. The van der Waals surface area contributed by atoms with Crippen LogP contribution in [0.4, 0.5) is 0 Å². The van der Waals surface area contributed by atoms with E-state index in [4.69, 9.17) is 4.74 Å². The lowest BCUT2D eigenvalue weighted by Crippen LogP contribution is -2.45. The number of aliphatic hydroxyl groups excluding tert-OH is 2. The molecule has 2 unspecified atom stereocenters. The van der Waals surface area contributed by atoms with Crippen LogP contribution in [-0.2, 0) is 14.3 Å². The molecule has 6 heteroatoms. The Balaban J connectivity index is 3.37. The Bertz CT molecular complexity index is 837. The highest BCUT2D eigenvalue weighted by Crippen LogP contribution is 2.17. The van der Waals surface area contributed by atoms with Crippen LogP contribution in [0.3, 0.4) is 0 Å². The largest absolute Gasteiger partial charge is 0.466 e. The van der Waals surface area contributed by atoms with E-state index in [0.29, 0.717) is 25.9 Å². The number of unbranched alkanes of at least 4 members (excludes halogenated alkanes) is 39. The van der Waals surface area contributed by atoms with Crippen molar-refractivity contribution in [2.75, 3.05) is 13.2 Å². The molecule has 2 atom stereocenters. The minimum atomic E-state index is -0.663.